The van der Waals surface area contributed by atoms with E-state index in [0.717, 1.165) is 56.0 Å². The molecule has 0 atom stereocenters. The first-order valence-corrected chi connectivity index (χ1v) is 18.7. The fraction of sp³-hybridized carbons (Fsp3) is 0. The Hall–Kier alpha value is -7.43. The van der Waals surface area contributed by atoms with Crippen LogP contribution >= 0.6 is 0 Å². The fourth-order valence-corrected chi connectivity index (χ4v) is 8.36. The summed E-state index contributed by atoms with van der Waals surface area (Å²) in [5.74, 6) is 0.909. The van der Waals surface area contributed by atoms with Crippen LogP contribution in [0.1, 0.15) is 0 Å². The number of hydrogen-bond donors (Lipinski definition) is 0. The van der Waals surface area contributed by atoms with Gasteiger partial charge >= 0.3 is 0 Å². The van der Waals surface area contributed by atoms with Gasteiger partial charge < -0.3 is 4.57 Å². The maximum absolute atomic E-state index is 5.50. The van der Waals surface area contributed by atoms with Gasteiger partial charge in [0.05, 0.1) is 16.6 Å². The average molecular weight is 703 g/mol. The summed E-state index contributed by atoms with van der Waals surface area (Å²) in [7, 11) is 0. The molecule has 0 bridgehead atoms. The molecule has 0 spiro atoms. The summed E-state index contributed by atoms with van der Waals surface area (Å²) in [6.07, 6.45) is 0. The summed E-state index contributed by atoms with van der Waals surface area (Å²) in [6.45, 7) is 0. The molecular formula is C51H34N4. The Morgan fingerprint density at radius 1 is 0.291 bits per heavy atom. The van der Waals surface area contributed by atoms with E-state index >= 15 is 0 Å². The molecule has 55 heavy (non-hydrogen) atoms. The summed E-state index contributed by atoms with van der Waals surface area (Å²) < 4.78 is 7.14. The van der Waals surface area contributed by atoms with Gasteiger partial charge in [0.2, 0.25) is 0 Å². The molecule has 11 aromatic rings. The number of benzene rings is 8. The second-order valence-corrected chi connectivity index (χ2v) is 14.1. The molecule has 0 saturated carbocycles. The molecule has 0 aliphatic heterocycles. The van der Waals surface area contributed by atoms with Crippen LogP contribution < -0.4 is 0 Å². The first-order chi connectivity index (χ1) is 27.3. The highest BCUT2D eigenvalue weighted by molar-refractivity contribution is 6.18. The highest BCUT2D eigenvalue weighted by atomic mass is 15.2. The molecule has 11 rings (SSSR count). The molecule has 0 aliphatic rings. The lowest BCUT2D eigenvalue weighted by molar-refractivity contribution is 1.10. The van der Waals surface area contributed by atoms with E-state index in [1.54, 1.807) is 0 Å². The smallest absolute Gasteiger partial charge is 0.165 e. The maximum Gasteiger partial charge on any atom is 0.165 e. The van der Waals surface area contributed by atoms with Crippen LogP contribution in [0.15, 0.2) is 206 Å². The first-order valence-electron chi connectivity index (χ1n) is 18.7. The lowest BCUT2D eigenvalue weighted by Gasteiger charge is -2.14. The summed E-state index contributed by atoms with van der Waals surface area (Å²) in [4.78, 5) is 5.50. The highest BCUT2D eigenvalue weighted by Gasteiger charge is 2.25. The van der Waals surface area contributed by atoms with Gasteiger partial charge in [-0.15, -0.1) is 0 Å². The topological polar surface area (TPSA) is 27.7 Å². The van der Waals surface area contributed by atoms with Crippen LogP contribution in [0.5, 0.6) is 0 Å². The van der Waals surface area contributed by atoms with Crippen molar-refractivity contribution in [3.8, 4) is 50.7 Å². The van der Waals surface area contributed by atoms with Crippen molar-refractivity contribution in [1.82, 2.24) is 18.7 Å². The van der Waals surface area contributed by atoms with E-state index in [0.29, 0.717) is 0 Å². The van der Waals surface area contributed by atoms with E-state index in [1.807, 2.05) is 0 Å². The number of hydrogen-bond acceptors (Lipinski definition) is 1. The average Bonchev–Trinajstić information content (AvgIpc) is 3.91. The molecule has 3 heterocycles. The normalized spacial score (nSPS) is 11.6. The Labute approximate surface area is 318 Å². The molecule has 4 heteroatoms. The van der Waals surface area contributed by atoms with Gasteiger partial charge in [-0.3, -0.25) is 9.13 Å². The van der Waals surface area contributed by atoms with E-state index < -0.39 is 0 Å². The third kappa shape index (κ3) is 5.03. The Kier molecular flexibility index (Phi) is 7.14. The van der Waals surface area contributed by atoms with E-state index in [2.05, 4.69) is 220 Å². The Bertz CT molecular complexity index is 3100. The summed E-state index contributed by atoms with van der Waals surface area (Å²) in [5.41, 5.74) is 14.5. The summed E-state index contributed by atoms with van der Waals surface area (Å²) in [6, 6.07) is 73.8. The number of para-hydroxylation sites is 3. The monoisotopic (exact) mass is 702 g/mol. The lowest BCUT2D eigenvalue weighted by Crippen LogP contribution is -1.98. The van der Waals surface area contributed by atoms with Crippen molar-refractivity contribution in [3.05, 3.63) is 206 Å². The van der Waals surface area contributed by atoms with Crippen LogP contribution in [0.2, 0.25) is 0 Å². The molecule has 0 fully saturated rings. The van der Waals surface area contributed by atoms with Crippen molar-refractivity contribution in [2.75, 3.05) is 0 Å². The van der Waals surface area contributed by atoms with Crippen molar-refractivity contribution in [3.63, 3.8) is 0 Å². The van der Waals surface area contributed by atoms with Crippen molar-refractivity contribution < 1.29 is 0 Å². The zero-order valence-electron chi connectivity index (χ0n) is 29.9. The minimum absolute atomic E-state index is 0.909. The third-order valence-corrected chi connectivity index (χ3v) is 10.8. The minimum atomic E-state index is 0.909. The van der Waals surface area contributed by atoms with Crippen LogP contribution in [0, 0.1) is 0 Å². The van der Waals surface area contributed by atoms with Crippen LogP contribution in [0.3, 0.4) is 0 Å². The van der Waals surface area contributed by atoms with E-state index in [-0.39, 0.29) is 0 Å². The van der Waals surface area contributed by atoms with Gasteiger partial charge in [0, 0.05) is 38.8 Å². The predicted molar refractivity (Wildman–Crippen MR) is 229 cm³/mol. The number of rotatable bonds is 6. The molecule has 3 aromatic heterocycles. The van der Waals surface area contributed by atoms with Crippen molar-refractivity contribution in [1.29, 1.82) is 0 Å². The SMILES string of the molecule is c1ccc(-c2cc(-c3ccccc3)cc(-n3c4ccccc4c4cc5c(cc43)c3c(nc(-c4ccccc4)n3-c3ccccc3)n5-c3ccccc3)c2)cc1. The number of fused-ring (bicyclic) bond motifs is 6. The molecule has 0 aliphatic carbocycles. The standard InChI is InChI=1S/C51H34N4/c1-6-18-35(19-7-1)38-30-39(36-20-8-2-9-21-36)32-42(31-38)53-46-29-17-16-28-43(46)44-33-48-45(34-47(44)53)49-51(54(48)40-24-12-4-13-25-40)52-50(37-22-10-3-11-23-37)55(49)41-26-14-5-15-27-41/h1-34H. The lowest BCUT2D eigenvalue weighted by atomic mass is 9.98. The number of imidazole rings is 1. The largest absolute Gasteiger partial charge is 0.309 e. The van der Waals surface area contributed by atoms with Gasteiger partial charge in [0.1, 0.15) is 11.3 Å². The van der Waals surface area contributed by atoms with E-state index in [4.69, 9.17) is 4.98 Å². The molecule has 4 nitrogen and oxygen atoms in total. The van der Waals surface area contributed by atoms with Gasteiger partial charge in [-0.25, -0.2) is 4.98 Å². The first kappa shape index (κ1) is 31.1. The molecule has 0 radical (unpaired) electrons. The second kappa shape index (κ2) is 12.6. The zero-order chi connectivity index (χ0) is 36.3. The molecule has 0 N–H and O–H groups in total. The molecule has 8 aromatic carbocycles. The molecule has 0 saturated heterocycles. The quantitative estimate of drug-likeness (QED) is 0.169. The Balaban J connectivity index is 1.29. The summed E-state index contributed by atoms with van der Waals surface area (Å²) >= 11 is 0. The third-order valence-electron chi connectivity index (χ3n) is 10.8. The highest BCUT2D eigenvalue weighted by Crippen LogP contribution is 2.42. The molecule has 258 valence electrons. The van der Waals surface area contributed by atoms with Gasteiger partial charge in [-0.05, 0) is 82.9 Å². The van der Waals surface area contributed by atoms with Crippen molar-refractivity contribution in [2.45, 2.75) is 0 Å². The Morgan fingerprint density at radius 2 is 0.764 bits per heavy atom. The van der Waals surface area contributed by atoms with Crippen LogP contribution in [-0.2, 0) is 0 Å². The number of aromatic nitrogens is 4. The van der Waals surface area contributed by atoms with E-state index in [9.17, 15) is 0 Å². The van der Waals surface area contributed by atoms with Gasteiger partial charge in [-0.2, -0.15) is 0 Å². The second-order valence-electron chi connectivity index (χ2n) is 14.1. The molecular weight excluding hydrogens is 669 g/mol. The summed E-state index contributed by atoms with van der Waals surface area (Å²) in [5, 5.41) is 3.54. The van der Waals surface area contributed by atoms with Gasteiger partial charge in [0.25, 0.3) is 0 Å². The van der Waals surface area contributed by atoms with Crippen LogP contribution in [0.4, 0.5) is 0 Å². The Morgan fingerprint density at radius 3 is 1.36 bits per heavy atom. The fourth-order valence-electron chi connectivity index (χ4n) is 8.36. The van der Waals surface area contributed by atoms with Crippen molar-refractivity contribution in [2.24, 2.45) is 0 Å². The van der Waals surface area contributed by atoms with Crippen LogP contribution in [0.25, 0.3) is 94.6 Å². The zero-order valence-corrected chi connectivity index (χ0v) is 29.9. The van der Waals surface area contributed by atoms with E-state index in [1.165, 1.54) is 38.5 Å². The molecule has 0 unspecified atom stereocenters. The van der Waals surface area contributed by atoms with Crippen LogP contribution in [-0.4, -0.2) is 18.7 Å². The minimum Gasteiger partial charge on any atom is -0.309 e. The number of nitrogens with zero attached hydrogens (tertiary/aromatic N) is 4. The van der Waals surface area contributed by atoms with Crippen molar-refractivity contribution >= 4 is 43.9 Å². The van der Waals surface area contributed by atoms with Gasteiger partial charge in [0.15, 0.2) is 5.65 Å². The predicted octanol–water partition coefficient (Wildman–Crippen LogP) is 13.1. The van der Waals surface area contributed by atoms with Gasteiger partial charge in [-0.1, -0.05) is 146 Å². The maximum atomic E-state index is 5.50. The molecule has 0 amide bonds.